The molecule has 4 rings (SSSR count). The van der Waals surface area contributed by atoms with Gasteiger partial charge in [-0.1, -0.05) is 30.3 Å². The van der Waals surface area contributed by atoms with E-state index in [0.29, 0.717) is 28.9 Å². The average Bonchev–Trinajstić information content (AvgIpc) is 3.15. The van der Waals surface area contributed by atoms with Gasteiger partial charge in [0.1, 0.15) is 23.2 Å². The maximum Gasteiger partial charge on any atom is 0.338 e. The molecule has 0 aliphatic carbocycles. The number of carbonyl (C=O) groups is 3. The molecule has 0 unspecified atom stereocenters. The summed E-state index contributed by atoms with van der Waals surface area (Å²) in [5.41, 5.74) is 2.40. The zero-order valence-electron chi connectivity index (χ0n) is 16.9. The molecule has 1 aromatic heterocycles. The van der Waals surface area contributed by atoms with Crippen LogP contribution in [0.2, 0.25) is 0 Å². The van der Waals surface area contributed by atoms with Gasteiger partial charge in [0.25, 0.3) is 5.91 Å². The minimum Gasteiger partial charge on any atom is -0.495 e. The fourth-order valence-electron chi connectivity index (χ4n) is 3.23. The van der Waals surface area contributed by atoms with Crippen molar-refractivity contribution in [3.63, 3.8) is 0 Å². The van der Waals surface area contributed by atoms with Crippen LogP contribution in [0.25, 0.3) is 21.9 Å². The maximum atomic E-state index is 12.6. The minimum absolute atomic E-state index is 0.242. The number of benzene rings is 3. The smallest absolute Gasteiger partial charge is 0.338 e. The summed E-state index contributed by atoms with van der Waals surface area (Å²) in [5, 5.41) is 4.53. The molecular formula is C24H19NO6. The number of esters is 1. The normalized spacial score (nSPS) is 11.8. The number of ether oxygens (including phenoxy) is 2. The van der Waals surface area contributed by atoms with Crippen LogP contribution in [0.5, 0.6) is 5.75 Å². The van der Waals surface area contributed by atoms with Crippen LogP contribution in [0, 0.1) is 0 Å². The molecule has 0 radical (unpaired) electrons. The summed E-state index contributed by atoms with van der Waals surface area (Å²) in [6, 6.07) is 17.0. The van der Waals surface area contributed by atoms with Crippen molar-refractivity contribution in [3.8, 4) is 5.75 Å². The van der Waals surface area contributed by atoms with E-state index >= 15 is 0 Å². The molecule has 0 bridgehead atoms. The lowest BCUT2D eigenvalue weighted by atomic mass is 10.1. The molecule has 156 valence electrons. The van der Waals surface area contributed by atoms with Crippen molar-refractivity contribution in [2.75, 3.05) is 12.4 Å². The first-order chi connectivity index (χ1) is 15.0. The zero-order valence-corrected chi connectivity index (χ0v) is 16.9. The molecule has 1 amide bonds. The molecule has 0 aliphatic heterocycles. The topological polar surface area (TPSA) is 94.8 Å². The lowest BCUT2D eigenvalue weighted by Gasteiger charge is -2.15. The van der Waals surface area contributed by atoms with Gasteiger partial charge in [-0.05, 0) is 31.2 Å². The number of rotatable bonds is 6. The highest BCUT2D eigenvalue weighted by Crippen LogP contribution is 2.36. The Kier molecular flexibility index (Phi) is 5.41. The van der Waals surface area contributed by atoms with Gasteiger partial charge in [0, 0.05) is 22.4 Å². The number of nitrogens with one attached hydrogen (secondary N) is 1. The lowest BCUT2D eigenvalue weighted by Crippen LogP contribution is -2.30. The summed E-state index contributed by atoms with van der Waals surface area (Å²) in [4.78, 5) is 35.6. The summed E-state index contributed by atoms with van der Waals surface area (Å²) in [5.74, 6) is -0.734. The number of methoxy groups -OCH3 is 1. The predicted molar refractivity (Wildman–Crippen MR) is 116 cm³/mol. The summed E-state index contributed by atoms with van der Waals surface area (Å²) in [7, 11) is 1.51. The highest BCUT2D eigenvalue weighted by atomic mass is 16.5. The molecule has 3 aromatic carbocycles. The second-order valence-electron chi connectivity index (χ2n) is 6.92. The van der Waals surface area contributed by atoms with Crippen LogP contribution in [-0.2, 0) is 9.53 Å². The summed E-state index contributed by atoms with van der Waals surface area (Å²) < 4.78 is 16.5. The van der Waals surface area contributed by atoms with Crippen molar-refractivity contribution in [3.05, 3.63) is 71.8 Å². The van der Waals surface area contributed by atoms with Gasteiger partial charge in [-0.3, -0.25) is 9.59 Å². The number of fused-ring (bicyclic) bond motifs is 3. The van der Waals surface area contributed by atoms with Crippen LogP contribution in [-0.4, -0.2) is 31.4 Å². The Morgan fingerprint density at radius 2 is 1.74 bits per heavy atom. The van der Waals surface area contributed by atoms with E-state index in [1.807, 2.05) is 24.3 Å². The van der Waals surface area contributed by atoms with Crippen LogP contribution in [0.15, 0.2) is 65.1 Å². The number of para-hydroxylation sites is 1. The van der Waals surface area contributed by atoms with Crippen LogP contribution < -0.4 is 10.1 Å². The molecular weight excluding hydrogens is 398 g/mol. The van der Waals surface area contributed by atoms with E-state index in [2.05, 4.69) is 5.32 Å². The molecule has 4 aromatic rings. The van der Waals surface area contributed by atoms with Crippen LogP contribution in [0.4, 0.5) is 5.69 Å². The summed E-state index contributed by atoms with van der Waals surface area (Å²) in [6.07, 6.45) is -0.383. The molecule has 7 nitrogen and oxygen atoms in total. The zero-order chi connectivity index (χ0) is 22.0. The van der Waals surface area contributed by atoms with Crippen molar-refractivity contribution < 1.29 is 28.3 Å². The SMILES string of the molecule is COc1cc2c(cc1NC(=O)[C@@H](C)OC(=O)c1ccc(C=O)cc1)oc1ccccc12. The van der Waals surface area contributed by atoms with Crippen LogP contribution in [0.1, 0.15) is 27.6 Å². The number of hydrogen-bond donors (Lipinski definition) is 1. The molecule has 0 saturated heterocycles. The molecule has 0 saturated carbocycles. The van der Waals surface area contributed by atoms with Crippen LogP contribution in [0.3, 0.4) is 0 Å². The maximum absolute atomic E-state index is 12.6. The average molecular weight is 417 g/mol. The quantitative estimate of drug-likeness (QED) is 0.364. The van der Waals surface area contributed by atoms with Gasteiger partial charge in [0.2, 0.25) is 0 Å². The monoisotopic (exact) mass is 417 g/mol. The third kappa shape index (κ3) is 3.98. The third-order valence-electron chi connectivity index (χ3n) is 4.89. The lowest BCUT2D eigenvalue weighted by molar-refractivity contribution is -0.123. The number of carbonyl (C=O) groups excluding carboxylic acids is 3. The number of furan rings is 1. The van der Waals surface area contributed by atoms with E-state index in [1.165, 1.54) is 38.3 Å². The van der Waals surface area contributed by atoms with E-state index < -0.39 is 18.0 Å². The van der Waals surface area contributed by atoms with Gasteiger partial charge in [-0.2, -0.15) is 0 Å². The van der Waals surface area contributed by atoms with Crippen molar-refractivity contribution >= 4 is 45.8 Å². The van der Waals surface area contributed by atoms with Gasteiger partial charge in [-0.15, -0.1) is 0 Å². The first-order valence-electron chi connectivity index (χ1n) is 9.56. The summed E-state index contributed by atoms with van der Waals surface area (Å²) in [6.45, 7) is 1.47. The first-order valence-corrected chi connectivity index (χ1v) is 9.56. The van der Waals surface area contributed by atoms with Crippen molar-refractivity contribution in [1.29, 1.82) is 0 Å². The van der Waals surface area contributed by atoms with E-state index in [1.54, 1.807) is 12.1 Å². The predicted octanol–water partition coefficient (Wildman–Crippen LogP) is 4.59. The second kappa shape index (κ2) is 8.31. The molecule has 0 aliphatic rings. The molecule has 7 heteroatoms. The fourth-order valence-corrected chi connectivity index (χ4v) is 3.23. The molecule has 31 heavy (non-hydrogen) atoms. The van der Waals surface area contributed by atoms with Crippen molar-refractivity contribution in [2.45, 2.75) is 13.0 Å². The number of anilines is 1. The largest absolute Gasteiger partial charge is 0.495 e. The Hall–Kier alpha value is -4.13. The van der Waals surface area contributed by atoms with E-state index in [-0.39, 0.29) is 5.56 Å². The minimum atomic E-state index is -1.06. The fraction of sp³-hybridized carbons (Fsp3) is 0.125. The van der Waals surface area contributed by atoms with Gasteiger partial charge < -0.3 is 19.2 Å². The van der Waals surface area contributed by atoms with E-state index in [9.17, 15) is 14.4 Å². The highest BCUT2D eigenvalue weighted by molar-refractivity contribution is 6.08. The van der Waals surface area contributed by atoms with Crippen molar-refractivity contribution in [1.82, 2.24) is 0 Å². The Bertz CT molecular complexity index is 1290. The first kappa shape index (κ1) is 20.2. The van der Waals surface area contributed by atoms with Gasteiger partial charge in [0.15, 0.2) is 6.10 Å². The van der Waals surface area contributed by atoms with Gasteiger partial charge in [0.05, 0.1) is 18.4 Å². The molecule has 1 heterocycles. The highest BCUT2D eigenvalue weighted by Gasteiger charge is 2.21. The molecule has 1 atom stereocenters. The van der Waals surface area contributed by atoms with E-state index in [4.69, 9.17) is 13.9 Å². The second-order valence-corrected chi connectivity index (χ2v) is 6.92. The van der Waals surface area contributed by atoms with Gasteiger partial charge >= 0.3 is 5.97 Å². The van der Waals surface area contributed by atoms with Gasteiger partial charge in [-0.25, -0.2) is 4.79 Å². The number of aldehydes is 1. The van der Waals surface area contributed by atoms with Crippen molar-refractivity contribution in [2.24, 2.45) is 0 Å². The Balaban J connectivity index is 1.53. The Morgan fingerprint density at radius 3 is 2.45 bits per heavy atom. The van der Waals surface area contributed by atoms with Crippen LogP contribution >= 0.6 is 0 Å². The molecule has 1 N–H and O–H groups in total. The Labute approximate surface area is 177 Å². The number of amides is 1. The standard InChI is InChI=1S/C24H19NO6/c1-14(30-24(28)16-9-7-15(13-26)8-10-16)23(27)25-19-12-21-18(11-22(19)29-2)17-5-3-4-6-20(17)31-21/h3-14H,1-2H3,(H,25,27)/t14-/m1/s1. The summed E-state index contributed by atoms with van der Waals surface area (Å²) >= 11 is 0. The molecule has 0 fully saturated rings. The molecule has 0 spiro atoms. The third-order valence-corrected chi connectivity index (χ3v) is 4.89. The van der Waals surface area contributed by atoms with E-state index in [0.717, 1.165) is 16.4 Å². The Morgan fingerprint density at radius 1 is 1.00 bits per heavy atom. The number of hydrogen-bond acceptors (Lipinski definition) is 6.